The van der Waals surface area contributed by atoms with E-state index < -0.39 is 0 Å². The molecule has 0 atom stereocenters. The zero-order chi connectivity index (χ0) is 19.9. The highest BCUT2D eigenvalue weighted by molar-refractivity contribution is 7.99. The summed E-state index contributed by atoms with van der Waals surface area (Å²) >= 11 is 7.29. The first-order chi connectivity index (χ1) is 13.6. The Labute approximate surface area is 174 Å². The zero-order valence-corrected chi connectivity index (χ0v) is 17.6. The molecule has 2 aromatic carbocycles. The maximum Gasteiger partial charge on any atom is 0.230 e. The van der Waals surface area contributed by atoms with E-state index in [1.165, 1.54) is 17.3 Å². The second kappa shape index (κ2) is 9.75. The number of amides is 1. The van der Waals surface area contributed by atoms with E-state index in [0.29, 0.717) is 17.3 Å². The van der Waals surface area contributed by atoms with Gasteiger partial charge in [0.2, 0.25) is 5.91 Å². The Balaban J connectivity index is 1.54. The second-order valence-corrected chi connectivity index (χ2v) is 7.81. The molecule has 7 heteroatoms. The third-order valence-electron chi connectivity index (χ3n) is 4.29. The van der Waals surface area contributed by atoms with Crippen molar-refractivity contribution in [2.75, 3.05) is 12.3 Å². The number of halogens is 1. The zero-order valence-electron chi connectivity index (χ0n) is 16.0. The highest BCUT2D eigenvalue weighted by Gasteiger charge is 2.14. The molecule has 0 aliphatic rings. The van der Waals surface area contributed by atoms with Gasteiger partial charge in [-0.25, -0.2) is 0 Å². The number of hydrogen-bond acceptors (Lipinski definition) is 4. The molecule has 1 N–H and O–H groups in total. The van der Waals surface area contributed by atoms with Gasteiger partial charge in [-0.05, 0) is 44.0 Å². The van der Waals surface area contributed by atoms with E-state index >= 15 is 0 Å². The van der Waals surface area contributed by atoms with Crippen molar-refractivity contribution in [3.05, 3.63) is 64.7 Å². The van der Waals surface area contributed by atoms with Crippen molar-refractivity contribution in [2.45, 2.75) is 32.0 Å². The van der Waals surface area contributed by atoms with Gasteiger partial charge in [0.1, 0.15) is 0 Å². The number of hydrogen-bond donors (Lipinski definition) is 1. The van der Waals surface area contributed by atoms with Crippen LogP contribution in [-0.4, -0.2) is 33.0 Å². The summed E-state index contributed by atoms with van der Waals surface area (Å²) in [5.41, 5.74) is 3.36. The van der Waals surface area contributed by atoms with Gasteiger partial charge in [0.15, 0.2) is 11.0 Å². The number of thioether (sulfide) groups is 1. The van der Waals surface area contributed by atoms with E-state index in [0.717, 1.165) is 35.1 Å². The van der Waals surface area contributed by atoms with Crippen LogP contribution in [0.4, 0.5) is 0 Å². The maximum atomic E-state index is 12.2. The summed E-state index contributed by atoms with van der Waals surface area (Å²) < 4.78 is 2.04. The number of benzene rings is 2. The summed E-state index contributed by atoms with van der Waals surface area (Å²) in [6, 6.07) is 15.9. The van der Waals surface area contributed by atoms with Crippen molar-refractivity contribution in [1.82, 2.24) is 20.1 Å². The topological polar surface area (TPSA) is 59.8 Å². The largest absolute Gasteiger partial charge is 0.355 e. The summed E-state index contributed by atoms with van der Waals surface area (Å²) in [6.07, 6.45) is 0.774. The fourth-order valence-electron chi connectivity index (χ4n) is 2.86. The summed E-state index contributed by atoms with van der Waals surface area (Å²) in [6.45, 7) is 5.45. The Hall–Kier alpha value is -2.31. The van der Waals surface area contributed by atoms with E-state index in [-0.39, 0.29) is 5.91 Å². The summed E-state index contributed by atoms with van der Waals surface area (Å²) in [7, 11) is 0. The predicted octanol–water partition coefficient (Wildman–Crippen LogP) is 4.38. The van der Waals surface area contributed by atoms with Gasteiger partial charge in [-0.1, -0.05) is 59.3 Å². The van der Waals surface area contributed by atoms with E-state index in [9.17, 15) is 4.79 Å². The Morgan fingerprint density at radius 3 is 2.68 bits per heavy atom. The third kappa shape index (κ3) is 5.36. The monoisotopic (exact) mass is 414 g/mol. The summed E-state index contributed by atoms with van der Waals surface area (Å²) in [4.78, 5) is 12.2. The average Bonchev–Trinajstić information content (AvgIpc) is 3.11. The normalized spacial score (nSPS) is 10.8. The minimum Gasteiger partial charge on any atom is -0.355 e. The summed E-state index contributed by atoms with van der Waals surface area (Å²) in [5, 5.41) is 13.0. The molecule has 1 aromatic heterocycles. The van der Waals surface area contributed by atoms with Crippen LogP contribution >= 0.6 is 23.4 Å². The van der Waals surface area contributed by atoms with Crippen LogP contribution in [0.25, 0.3) is 11.4 Å². The molecule has 0 aliphatic heterocycles. The van der Waals surface area contributed by atoms with Crippen LogP contribution in [-0.2, 0) is 17.8 Å². The predicted molar refractivity (Wildman–Crippen MR) is 115 cm³/mol. The fourth-order valence-corrected chi connectivity index (χ4v) is 3.81. The SMILES string of the molecule is CCn1c(SCC(=O)NCCc2ccc(Cl)cc2)nnc1-c1cccc(C)c1. The smallest absolute Gasteiger partial charge is 0.230 e. The molecule has 0 aliphatic carbocycles. The molecule has 3 aromatic rings. The van der Waals surface area contributed by atoms with Crippen LogP contribution in [0.3, 0.4) is 0 Å². The molecular weight excluding hydrogens is 392 g/mol. The highest BCUT2D eigenvalue weighted by atomic mass is 35.5. The van der Waals surface area contributed by atoms with Gasteiger partial charge < -0.3 is 9.88 Å². The van der Waals surface area contributed by atoms with Crippen molar-refractivity contribution in [1.29, 1.82) is 0 Å². The number of aryl methyl sites for hydroxylation is 1. The standard InChI is InChI=1S/C21H23ClN4OS/c1-3-26-20(17-6-4-5-15(2)13-17)24-25-21(26)28-14-19(27)23-12-11-16-7-9-18(22)10-8-16/h4-10,13H,3,11-12,14H2,1-2H3,(H,23,27). The molecular formula is C21H23ClN4OS. The minimum absolute atomic E-state index is 0.0123. The third-order valence-corrected chi connectivity index (χ3v) is 5.51. The summed E-state index contributed by atoms with van der Waals surface area (Å²) in [5.74, 6) is 1.13. The molecule has 146 valence electrons. The van der Waals surface area contributed by atoms with Crippen molar-refractivity contribution in [2.24, 2.45) is 0 Å². The van der Waals surface area contributed by atoms with Gasteiger partial charge in [-0.3, -0.25) is 4.79 Å². The van der Waals surface area contributed by atoms with Crippen molar-refractivity contribution < 1.29 is 4.79 Å². The van der Waals surface area contributed by atoms with Gasteiger partial charge in [-0.15, -0.1) is 10.2 Å². The Morgan fingerprint density at radius 1 is 1.18 bits per heavy atom. The van der Waals surface area contributed by atoms with Crippen molar-refractivity contribution >= 4 is 29.3 Å². The lowest BCUT2D eigenvalue weighted by atomic mass is 10.1. The fraction of sp³-hybridized carbons (Fsp3) is 0.286. The maximum absolute atomic E-state index is 12.2. The van der Waals surface area contributed by atoms with Crippen molar-refractivity contribution in [3.8, 4) is 11.4 Å². The number of nitrogens with zero attached hydrogens (tertiary/aromatic N) is 3. The van der Waals surface area contributed by atoms with E-state index in [2.05, 4.69) is 41.5 Å². The molecule has 1 amide bonds. The molecule has 0 spiro atoms. The van der Waals surface area contributed by atoms with Gasteiger partial charge in [-0.2, -0.15) is 0 Å². The highest BCUT2D eigenvalue weighted by Crippen LogP contribution is 2.24. The van der Waals surface area contributed by atoms with E-state index in [1.54, 1.807) is 0 Å². The Kier molecular flexibility index (Phi) is 7.12. The lowest BCUT2D eigenvalue weighted by molar-refractivity contribution is -0.118. The number of carbonyl (C=O) groups excluding carboxylic acids is 1. The Bertz CT molecular complexity index is 940. The van der Waals surface area contributed by atoms with Gasteiger partial charge in [0.05, 0.1) is 5.75 Å². The molecule has 0 bridgehead atoms. The molecule has 0 fully saturated rings. The molecule has 0 saturated heterocycles. The van der Waals surface area contributed by atoms with Crippen LogP contribution in [0.15, 0.2) is 53.7 Å². The van der Waals surface area contributed by atoms with Crippen LogP contribution in [0.2, 0.25) is 5.02 Å². The molecule has 1 heterocycles. The number of nitrogens with one attached hydrogen (secondary N) is 1. The van der Waals surface area contributed by atoms with Gasteiger partial charge in [0.25, 0.3) is 0 Å². The van der Waals surface area contributed by atoms with Gasteiger partial charge >= 0.3 is 0 Å². The first-order valence-corrected chi connectivity index (χ1v) is 10.6. The number of rotatable bonds is 8. The molecule has 5 nitrogen and oxygen atoms in total. The molecule has 0 radical (unpaired) electrons. The first-order valence-electron chi connectivity index (χ1n) is 9.21. The lowest BCUT2D eigenvalue weighted by Crippen LogP contribution is -2.27. The number of aromatic nitrogens is 3. The molecule has 28 heavy (non-hydrogen) atoms. The average molecular weight is 415 g/mol. The van der Waals surface area contributed by atoms with Gasteiger partial charge in [0, 0.05) is 23.7 Å². The second-order valence-electron chi connectivity index (χ2n) is 6.44. The quantitative estimate of drug-likeness (QED) is 0.556. The molecule has 3 rings (SSSR count). The minimum atomic E-state index is -0.0123. The lowest BCUT2D eigenvalue weighted by Gasteiger charge is -2.08. The number of carbonyl (C=O) groups is 1. The van der Waals surface area contributed by atoms with Crippen LogP contribution in [0.1, 0.15) is 18.1 Å². The van der Waals surface area contributed by atoms with Crippen LogP contribution in [0.5, 0.6) is 0 Å². The van der Waals surface area contributed by atoms with E-state index in [1.807, 2.05) is 41.0 Å². The molecule has 0 unspecified atom stereocenters. The van der Waals surface area contributed by atoms with E-state index in [4.69, 9.17) is 11.6 Å². The van der Waals surface area contributed by atoms with Crippen LogP contribution < -0.4 is 5.32 Å². The van der Waals surface area contributed by atoms with Crippen molar-refractivity contribution in [3.63, 3.8) is 0 Å². The van der Waals surface area contributed by atoms with Crippen LogP contribution in [0, 0.1) is 6.92 Å². The molecule has 0 saturated carbocycles. The first kappa shape index (κ1) is 20.4. The Morgan fingerprint density at radius 2 is 1.96 bits per heavy atom.